The number of aliphatic carboxylic acids is 1. The minimum Gasteiger partial charge on any atom is -0.481 e. The summed E-state index contributed by atoms with van der Waals surface area (Å²) in [5.41, 5.74) is 0.909. The van der Waals surface area contributed by atoms with Crippen LogP contribution in [0.25, 0.3) is 0 Å². The molecule has 1 saturated heterocycles. The zero-order valence-corrected chi connectivity index (χ0v) is 14.3. The van der Waals surface area contributed by atoms with E-state index in [2.05, 4.69) is 5.32 Å². The number of carbonyl (C=O) groups is 2. The van der Waals surface area contributed by atoms with Gasteiger partial charge in [0, 0.05) is 18.6 Å². The standard InChI is InChI=1S/C19H25FN2O3/c20-15-4-1-3-13(11-15)12-17-5-2-10-22(17)19(25)21-16-8-6-14(7-9-16)18(23)24/h1,3-4,11,14,16-17H,2,5-10,12H2,(H,21,25)(H,23,24). The highest BCUT2D eigenvalue weighted by atomic mass is 19.1. The minimum atomic E-state index is -0.737. The van der Waals surface area contributed by atoms with Crippen LogP contribution in [0.4, 0.5) is 9.18 Å². The minimum absolute atomic E-state index is 0.0542. The highest BCUT2D eigenvalue weighted by Gasteiger charge is 2.32. The van der Waals surface area contributed by atoms with Crippen molar-refractivity contribution in [3.8, 4) is 0 Å². The van der Waals surface area contributed by atoms with Crippen molar-refractivity contribution in [1.82, 2.24) is 10.2 Å². The molecule has 1 saturated carbocycles. The fraction of sp³-hybridized carbons (Fsp3) is 0.579. The summed E-state index contributed by atoms with van der Waals surface area (Å²) in [6, 6.07) is 6.63. The fourth-order valence-corrected chi connectivity index (χ4v) is 3.99. The number of amides is 2. The Morgan fingerprint density at radius 2 is 1.96 bits per heavy atom. The molecule has 25 heavy (non-hydrogen) atoms. The van der Waals surface area contributed by atoms with Crippen LogP contribution in [0, 0.1) is 11.7 Å². The molecule has 1 aliphatic heterocycles. The summed E-state index contributed by atoms with van der Waals surface area (Å²) >= 11 is 0. The molecule has 2 N–H and O–H groups in total. The molecule has 0 bridgehead atoms. The summed E-state index contributed by atoms with van der Waals surface area (Å²) in [4.78, 5) is 25.5. The predicted octanol–water partition coefficient (Wildman–Crippen LogP) is 3.19. The van der Waals surface area contributed by atoms with Crippen LogP contribution in [0.1, 0.15) is 44.1 Å². The van der Waals surface area contributed by atoms with Crippen molar-refractivity contribution in [1.29, 1.82) is 0 Å². The molecule has 2 amide bonds. The van der Waals surface area contributed by atoms with Crippen molar-refractivity contribution >= 4 is 12.0 Å². The van der Waals surface area contributed by atoms with Crippen LogP contribution in [0.3, 0.4) is 0 Å². The van der Waals surface area contributed by atoms with E-state index in [-0.39, 0.29) is 29.8 Å². The van der Waals surface area contributed by atoms with Crippen molar-refractivity contribution in [2.24, 2.45) is 5.92 Å². The van der Waals surface area contributed by atoms with E-state index in [9.17, 15) is 14.0 Å². The molecule has 1 unspecified atom stereocenters. The molecular weight excluding hydrogens is 323 g/mol. The number of hydrogen-bond donors (Lipinski definition) is 2. The predicted molar refractivity (Wildman–Crippen MR) is 91.7 cm³/mol. The summed E-state index contributed by atoms with van der Waals surface area (Å²) < 4.78 is 13.4. The van der Waals surface area contributed by atoms with Gasteiger partial charge >= 0.3 is 12.0 Å². The highest BCUT2D eigenvalue weighted by molar-refractivity contribution is 5.75. The van der Waals surface area contributed by atoms with Crippen LogP contribution >= 0.6 is 0 Å². The maximum atomic E-state index is 13.4. The number of nitrogens with zero attached hydrogens (tertiary/aromatic N) is 1. The first kappa shape index (κ1) is 17.7. The van der Waals surface area contributed by atoms with Crippen LogP contribution in [0.2, 0.25) is 0 Å². The van der Waals surface area contributed by atoms with Gasteiger partial charge in [0.2, 0.25) is 0 Å². The van der Waals surface area contributed by atoms with Crippen LogP contribution < -0.4 is 5.32 Å². The molecule has 3 rings (SSSR count). The zero-order valence-electron chi connectivity index (χ0n) is 14.3. The molecule has 2 fully saturated rings. The molecule has 6 heteroatoms. The lowest BCUT2D eigenvalue weighted by Crippen LogP contribution is -2.48. The van der Waals surface area contributed by atoms with Crippen molar-refractivity contribution in [3.63, 3.8) is 0 Å². The molecule has 1 aliphatic carbocycles. The molecule has 0 radical (unpaired) electrons. The summed E-state index contributed by atoms with van der Waals surface area (Å²) in [5.74, 6) is -1.26. The Hall–Kier alpha value is -2.11. The molecule has 5 nitrogen and oxygen atoms in total. The lowest BCUT2D eigenvalue weighted by atomic mass is 9.86. The van der Waals surface area contributed by atoms with Crippen molar-refractivity contribution in [2.75, 3.05) is 6.54 Å². The monoisotopic (exact) mass is 348 g/mol. The molecule has 1 aromatic carbocycles. The fourth-order valence-electron chi connectivity index (χ4n) is 3.99. The van der Waals surface area contributed by atoms with E-state index >= 15 is 0 Å². The van der Waals surface area contributed by atoms with Gasteiger partial charge in [-0.15, -0.1) is 0 Å². The van der Waals surface area contributed by atoms with E-state index in [0.29, 0.717) is 32.1 Å². The summed E-state index contributed by atoms with van der Waals surface area (Å²) in [7, 11) is 0. The number of carbonyl (C=O) groups excluding carboxylic acids is 1. The van der Waals surface area contributed by atoms with Gasteiger partial charge in [-0.2, -0.15) is 0 Å². The number of nitrogens with one attached hydrogen (secondary N) is 1. The number of rotatable bonds is 4. The summed E-state index contributed by atoms with van der Waals surface area (Å²) in [5, 5.41) is 12.1. The number of hydrogen-bond acceptors (Lipinski definition) is 2. The van der Waals surface area contributed by atoms with Gasteiger partial charge in [0.1, 0.15) is 5.82 Å². The second-order valence-electron chi connectivity index (χ2n) is 7.16. The van der Waals surface area contributed by atoms with Gasteiger partial charge in [-0.3, -0.25) is 4.79 Å². The Morgan fingerprint density at radius 1 is 1.20 bits per heavy atom. The smallest absolute Gasteiger partial charge is 0.317 e. The van der Waals surface area contributed by atoms with E-state index in [0.717, 1.165) is 24.9 Å². The maximum absolute atomic E-state index is 13.4. The van der Waals surface area contributed by atoms with E-state index in [4.69, 9.17) is 5.11 Å². The van der Waals surface area contributed by atoms with Gasteiger partial charge in [0.05, 0.1) is 5.92 Å². The second kappa shape index (κ2) is 7.85. The topological polar surface area (TPSA) is 69.6 Å². The average Bonchev–Trinajstić information content (AvgIpc) is 3.03. The lowest BCUT2D eigenvalue weighted by molar-refractivity contribution is -0.142. The Balaban J connectivity index is 1.53. The number of carboxylic acid groups (broad SMARTS) is 1. The molecule has 1 heterocycles. The first-order valence-corrected chi connectivity index (χ1v) is 9.07. The Labute approximate surface area is 147 Å². The maximum Gasteiger partial charge on any atom is 0.317 e. The van der Waals surface area contributed by atoms with Gasteiger partial charge in [0.25, 0.3) is 0 Å². The van der Waals surface area contributed by atoms with Crippen molar-refractivity contribution in [2.45, 2.75) is 57.0 Å². The summed E-state index contributed by atoms with van der Waals surface area (Å²) in [6.07, 6.45) is 5.21. The Kier molecular flexibility index (Phi) is 5.56. The van der Waals surface area contributed by atoms with Gasteiger partial charge < -0.3 is 15.3 Å². The van der Waals surface area contributed by atoms with Crippen LogP contribution in [0.5, 0.6) is 0 Å². The third-order valence-electron chi connectivity index (χ3n) is 5.40. The van der Waals surface area contributed by atoms with Gasteiger partial charge in [0.15, 0.2) is 0 Å². The molecule has 2 aliphatic rings. The van der Waals surface area contributed by atoms with E-state index in [1.807, 2.05) is 11.0 Å². The molecule has 0 aromatic heterocycles. The van der Waals surface area contributed by atoms with Gasteiger partial charge in [-0.05, 0) is 62.6 Å². The van der Waals surface area contributed by atoms with Gasteiger partial charge in [-0.1, -0.05) is 12.1 Å². The third kappa shape index (κ3) is 4.50. The average molecular weight is 348 g/mol. The van der Waals surface area contributed by atoms with Crippen molar-refractivity contribution < 1.29 is 19.1 Å². The number of likely N-dealkylation sites (tertiary alicyclic amines) is 1. The Morgan fingerprint density at radius 3 is 2.64 bits per heavy atom. The van der Waals surface area contributed by atoms with Crippen LogP contribution in [-0.2, 0) is 11.2 Å². The number of carboxylic acids is 1. The van der Waals surface area contributed by atoms with Crippen molar-refractivity contribution in [3.05, 3.63) is 35.6 Å². The normalized spacial score (nSPS) is 26.4. The zero-order chi connectivity index (χ0) is 17.8. The molecular formula is C19H25FN2O3. The van der Waals surface area contributed by atoms with E-state index < -0.39 is 5.97 Å². The highest BCUT2D eigenvalue weighted by Crippen LogP contribution is 2.26. The summed E-state index contributed by atoms with van der Waals surface area (Å²) in [6.45, 7) is 0.719. The quantitative estimate of drug-likeness (QED) is 0.878. The molecule has 1 atom stereocenters. The first-order valence-electron chi connectivity index (χ1n) is 9.07. The second-order valence-corrected chi connectivity index (χ2v) is 7.16. The van der Waals surface area contributed by atoms with Crippen LogP contribution in [-0.4, -0.2) is 40.6 Å². The number of urea groups is 1. The Bertz CT molecular complexity index is 629. The SMILES string of the molecule is O=C(O)C1CCC(NC(=O)N2CCCC2Cc2cccc(F)c2)CC1. The largest absolute Gasteiger partial charge is 0.481 e. The number of benzene rings is 1. The molecule has 136 valence electrons. The first-order chi connectivity index (χ1) is 12.0. The molecule has 0 spiro atoms. The third-order valence-corrected chi connectivity index (χ3v) is 5.40. The van der Waals surface area contributed by atoms with Gasteiger partial charge in [-0.25, -0.2) is 9.18 Å². The van der Waals surface area contributed by atoms with E-state index in [1.54, 1.807) is 6.07 Å². The van der Waals surface area contributed by atoms with Crippen LogP contribution in [0.15, 0.2) is 24.3 Å². The molecule has 1 aromatic rings. The number of halogens is 1. The van der Waals surface area contributed by atoms with E-state index in [1.165, 1.54) is 12.1 Å². The lowest BCUT2D eigenvalue weighted by Gasteiger charge is -2.31.